The highest BCUT2D eigenvalue weighted by Crippen LogP contribution is 2.22. The summed E-state index contributed by atoms with van der Waals surface area (Å²) in [6.07, 6.45) is 1.68. The summed E-state index contributed by atoms with van der Waals surface area (Å²) >= 11 is 0. The van der Waals surface area contributed by atoms with Gasteiger partial charge in [0.1, 0.15) is 5.82 Å². The Kier molecular flexibility index (Phi) is 5.76. The second kappa shape index (κ2) is 6.86. The molecule has 18 heavy (non-hydrogen) atoms. The summed E-state index contributed by atoms with van der Waals surface area (Å²) in [6.45, 7) is 7.33. The molecule has 102 valence electrons. The minimum Gasteiger partial charge on any atom is -0.396 e. The molecule has 0 bridgehead atoms. The predicted octanol–water partition coefficient (Wildman–Crippen LogP) is 3.28. The van der Waals surface area contributed by atoms with E-state index in [1.807, 2.05) is 6.07 Å². The smallest absolute Gasteiger partial charge is 0.123 e. The number of nitrogens with one attached hydrogen (secondary N) is 1. The SMILES string of the molecule is CCC(NCC(C)(C)CCO)c1cccc(F)c1. The van der Waals surface area contributed by atoms with E-state index in [1.54, 1.807) is 12.1 Å². The van der Waals surface area contributed by atoms with Crippen molar-refractivity contribution in [3.05, 3.63) is 35.6 Å². The molecule has 2 nitrogen and oxygen atoms in total. The van der Waals surface area contributed by atoms with Crippen LogP contribution in [-0.4, -0.2) is 18.3 Å². The zero-order chi connectivity index (χ0) is 13.6. The van der Waals surface area contributed by atoms with Gasteiger partial charge in [0.25, 0.3) is 0 Å². The molecule has 0 spiro atoms. The molecule has 1 unspecified atom stereocenters. The zero-order valence-electron chi connectivity index (χ0n) is 11.5. The molecule has 0 heterocycles. The van der Waals surface area contributed by atoms with Crippen molar-refractivity contribution in [3.8, 4) is 0 Å². The summed E-state index contributed by atoms with van der Waals surface area (Å²) < 4.78 is 13.2. The molecule has 0 radical (unpaired) electrons. The molecule has 0 aliphatic rings. The highest BCUT2D eigenvalue weighted by atomic mass is 19.1. The summed E-state index contributed by atoms with van der Waals surface area (Å²) in [4.78, 5) is 0. The summed E-state index contributed by atoms with van der Waals surface area (Å²) in [6, 6.07) is 6.90. The van der Waals surface area contributed by atoms with Crippen LogP contribution in [0.5, 0.6) is 0 Å². The Balaban J connectivity index is 2.63. The van der Waals surface area contributed by atoms with Crippen molar-refractivity contribution in [3.63, 3.8) is 0 Å². The van der Waals surface area contributed by atoms with Gasteiger partial charge in [0.2, 0.25) is 0 Å². The first-order valence-corrected chi connectivity index (χ1v) is 6.58. The lowest BCUT2D eigenvalue weighted by molar-refractivity contribution is 0.202. The van der Waals surface area contributed by atoms with Crippen molar-refractivity contribution in [2.45, 2.75) is 39.7 Å². The van der Waals surface area contributed by atoms with Gasteiger partial charge in [0.05, 0.1) is 0 Å². The molecule has 0 saturated heterocycles. The Morgan fingerprint density at radius 1 is 1.39 bits per heavy atom. The molecule has 1 aromatic carbocycles. The normalized spacial score (nSPS) is 13.6. The molecule has 0 fully saturated rings. The van der Waals surface area contributed by atoms with Gasteiger partial charge in [-0.3, -0.25) is 0 Å². The van der Waals surface area contributed by atoms with Gasteiger partial charge < -0.3 is 10.4 Å². The fourth-order valence-corrected chi connectivity index (χ4v) is 2.01. The van der Waals surface area contributed by atoms with Crippen molar-refractivity contribution < 1.29 is 9.50 Å². The summed E-state index contributed by atoms with van der Waals surface area (Å²) in [7, 11) is 0. The van der Waals surface area contributed by atoms with E-state index < -0.39 is 0 Å². The molecule has 1 atom stereocenters. The van der Waals surface area contributed by atoms with Gasteiger partial charge in [0.15, 0.2) is 0 Å². The van der Waals surface area contributed by atoms with E-state index in [0.717, 1.165) is 24.9 Å². The third kappa shape index (κ3) is 4.75. The molecule has 0 aromatic heterocycles. The van der Waals surface area contributed by atoms with Crippen LogP contribution in [0.3, 0.4) is 0 Å². The van der Waals surface area contributed by atoms with Crippen LogP contribution in [0.15, 0.2) is 24.3 Å². The van der Waals surface area contributed by atoms with Crippen LogP contribution in [0.2, 0.25) is 0 Å². The van der Waals surface area contributed by atoms with Crippen LogP contribution in [-0.2, 0) is 0 Å². The molecule has 0 amide bonds. The van der Waals surface area contributed by atoms with Crippen molar-refractivity contribution in [1.82, 2.24) is 5.32 Å². The molecule has 0 aliphatic heterocycles. The molecule has 3 heteroatoms. The van der Waals surface area contributed by atoms with E-state index >= 15 is 0 Å². The third-order valence-corrected chi connectivity index (χ3v) is 3.27. The fourth-order valence-electron chi connectivity index (χ4n) is 2.01. The summed E-state index contributed by atoms with van der Waals surface area (Å²) in [5.74, 6) is -0.192. The Bertz CT molecular complexity index is 365. The predicted molar refractivity (Wildman–Crippen MR) is 72.9 cm³/mol. The molecule has 1 rings (SSSR count). The maximum Gasteiger partial charge on any atom is 0.123 e. The van der Waals surface area contributed by atoms with E-state index in [9.17, 15) is 4.39 Å². The number of rotatable bonds is 7. The van der Waals surface area contributed by atoms with Crippen LogP contribution in [0.25, 0.3) is 0 Å². The molecule has 0 aliphatic carbocycles. The van der Waals surface area contributed by atoms with Crippen LogP contribution in [0.1, 0.15) is 45.2 Å². The lowest BCUT2D eigenvalue weighted by atomic mass is 9.89. The number of hydrogen-bond donors (Lipinski definition) is 2. The van der Waals surface area contributed by atoms with Crippen LogP contribution in [0, 0.1) is 11.2 Å². The summed E-state index contributed by atoms with van der Waals surface area (Å²) in [5.41, 5.74) is 1.03. The average Bonchev–Trinajstić information content (AvgIpc) is 2.29. The quantitative estimate of drug-likeness (QED) is 0.781. The maximum absolute atomic E-state index is 13.2. The minimum absolute atomic E-state index is 0.0511. The third-order valence-electron chi connectivity index (χ3n) is 3.27. The van der Waals surface area contributed by atoms with Gasteiger partial charge in [-0.15, -0.1) is 0 Å². The van der Waals surface area contributed by atoms with Crippen LogP contribution >= 0.6 is 0 Å². The number of aliphatic hydroxyl groups is 1. The van der Waals surface area contributed by atoms with E-state index in [4.69, 9.17) is 5.11 Å². The van der Waals surface area contributed by atoms with Crippen LogP contribution in [0.4, 0.5) is 4.39 Å². The second-order valence-corrected chi connectivity index (χ2v) is 5.53. The Morgan fingerprint density at radius 3 is 2.67 bits per heavy atom. The number of hydrogen-bond acceptors (Lipinski definition) is 2. The fraction of sp³-hybridized carbons (Fsp3) is 0.600. The molecule has 1 aromatic rings. The van der Waals surface area contributed by atoms with Gasteiger partial charge in [-0.2, -0.15) is 0 Å². The second-order valence-electron chi connectivity index (χ2n) is 5.53. The molecular formula is C15H24FNO. The van der Waals surface area contributed by atoms with Crippen molar-refractivity contribution in [1.29, 1.82) is 0 Å². The van der Waals surface area contributed by atoms with E-state index in [-0.39, 0.29) is 23.9 Å². The molecule has 2 N–H and O–H groups in total. The lowest BCUT2D eigenvalue weighted by Crippen LogP contribution is -2.33. The Morgan fingerprint density at radius 2 is 2.11 bits per heavy atom. The molecule has 0 saturated carbocycles. The first-order chi connectivity index (χ1) is 8.48. The highest BCUT2D eigenvalue weighted by molar-refractivity contribution is 5.20. The van der Waals surface area contributed by atoms with E-state index in [1.165, 1.54) is 6.07 Å². The van der Waals surface area contributed by atoms with Crippen molar-refractivity contribution in [2.24, 2.45) is 5.41 Å². The van der Waals surface area contributed by atoms with E-state index in [0.29, 0.717) is 0 Å². The highest BCUT2D eigenvalue weighted by Gasteiger charge is 2.19. The molecular weight excluding hydrogens is 229 g/mol. The topological polar surface area (TPSA) is 32.3 Å². The number of aliphatic hydroxyl groups excluding tert-OH is 1. The lowest BCUT2D eigenvalue weighted by Gasteiger charge is -2.27. The van der Waals surface area contributed by atoms with Crippen molar-refractivity contribution >= 4 is 0 Å². The van der Waals surface area contributed by atoms with Gasteiger partial charge >= 0.3 is 0 Å². The number of halogens is 1. The zero-order valence-corrected chi connectivity index (χ0v) is 11.5. The van der Waals surface area contributed by atoms with Crippen LogP contribution < -0.4 is 5.32 Å². The van der Waals surface area contributed by atoms with Gasteiger partial charge in [-0.1, -0.05) is 32.9 Å². The number of benzene rings is 1. The van der Waals surface area contributed by atoms with Gasteiger partial charge in [-0.25, -0.2) is 4.39 Å². The monoisotopic (exact) mass is 253 g/mol. The first-order valence-electron chi connectivity index (χ1n) is 6.58. The standard InChI is InChI=1S/C15H24FNO/c1-4-14(12-6-5-7-13(16)10-12)17-11-15(2,3)8-9-18/h5-7,10,14,17-18H,4,8-9,11H2,1-3H3. The minimum atomic E-state index is -0.192. The Hall–Kier alpha value is -0.930. The van der Waals surface area contributed by atoms with Gasteiger partial charge in [0, 0.05) is 19.2 Å². The first kappa shape index (κ1) is 15.1. The maximum atomic E-state index is 13.2. The van der Waals surface area contributed by atoms with E-state index in [2.05, 4.69) is 26.1 Å². The largest absolute Gasteiger partial charge is 0.396 e. The van der Waals surface area contributed by atoms with Crippen molar-refractivity contribution in [2.75, 3.05) is 13.2 Å². The average molecular weight is 253 g/mol. The Labute approximate surface area is 109 Å². The summed E-state index contributed by atoms with van der Waals surface area (Å²) in [5, 5.41) is 12.5. The van der Waals surface area contributed by atoms with Gasteiger partial charge in [-0.05, 0) is 36.0 Å².